The van der Waals surface area contributed by atoms with Gasteiger partial charge in [-0.25, -0.2) is 22.0 Å². The van der Waals surface area contributed by atoms with Crippen molar-refractivity contribution in [1.82, 2.24) is 4.90 Å². The summed E-state index contributed by atoms with van der Waals surface area (Å²) in [6.07, 6.45) is -0.298. The van der Waals surface area contributed by atoms with Crippen molar-refractivity contribution in [3.05, 3.63) is 94.5 Å². The normalized spacial score (nSPS) is 12.1. The summed E-state index contributed by atoms with van der Waals surface area (Å²) in [7, 11) is -1.32. The van der Waals surface area contributed by atoms with E-state index in [1.165, 1.54) is 43.4 Å². The molecule has 222 valence electrons. The molecule has 0 saturated carbocycles. The quantitative estimate of drug-likeness (QED) is 0.228. The lowest BCUT2D eigenvalue weighted by Crippen LogP contribution is -2.37. The molecule has 0 fully saturated rings. The number of ether oxygens (including phenoxy) is 3. The number of nitrogens with zero attached hydrogens (tertiary/aromatic N) is 2. The van der Waals surface area contributed by atoms with Crippen molar-refractivity contribution in [2.75, 3.05) is 51.4 Å². The lowest BCUT2D eigenvalue weighted by Gasteiger charge is -2.32. The third-order valence-corrected chi connectivity index (χ3v) is 8.51. The van der Waals surface area contributed by atoms with Gasteiger partial charge in [-0.3, -0.25) is 4.31 Å². The lowest BCUT2D eigenvalue weighted by atomic mass is 9.99. The Morgan fingerprint density at radius 1 is 0.927 bits per heavy atom. The second-order valence-electron chi connectivity index (χ2n) is 9.06. The van der Waals surface area contributed by atoms with Gasteiger partial charge in [-0.1, -0.05) is 35.9 Å². The minimum atomic E-state index is -4.38. The van der Waals surface area contributed by atoms with Crippen LogP contribution in [0, 0.1) is 11.6 Å². The largest absolute Gasteiger partial charge is 0.449 e. The molecule has 0 bridgehead atoms. The van der Waals surface area contributed by atoms with Gasteiger partial charge in [0.1, 0.15) is 11.6 Å². The Balaban J connectivity index is 1.92. The summed E-state index contributed by atoms with van der Waals surface area (Å²) in [5.41, 5.74) is 0.752. The maximum atomic E-state index is 15.1. The van der Waals surface area contributed by atoms with Crippen LogP contribution in [0.2, 0.25) is 5.02 Å². The van der Waals surface area contributed by atoms with Crippen molar-refractivity contribution in [3.63, 3.8) is 0 Å². The monoisotopic (exact) mass is 610 g/mol. The fraction of sp³-hybridized carbons (Fsp3) is 0.345. The average Bonchev–Trinajstić information content (AvgIpc) is 2.95. The van der Waals surface area contributed by atoms with E-state index in [-0.39, 0.29) is 17.9 Å². The molecule has 0 N–H and O–H groups in total. The van der Waals surface area contributed by atoms with Gasteiger partial charge in [0.2, 0.25) is 0 Å². The first-order valence-corrected chi connectivity index (χ1v) is 14.6. The Kier molecular flexibility index (Phi) is 11.9. The van der Waals surface area contributed by atoms with Gasteiger partial charge in [-0.2, -0.15) is 0 Å². The third kappa shape index (κ3) is 8.38. The van der Waals surface area contributed by atoms with Gasteiger partial charge >= 0.3 is 6.09 Å². The zero-order chi connectivity index (χ0) is 30.0. The molecular weight excluding hydrogens is 578 g/mol. The SMILES string of the molecule is COCCN(CCOC)C(=O)OCCc1ccccc1[C@@H](C)N(c1cc(F)ccc1F)S(=O)(=O)c1ccc(Cl)cc1. The molecule has 0 heterocycles. The number of carbonyl (C=O) groups is 1. The highest BCUT2D eigenvalue weighted by Gasteiger charge is 2.33. The number of rotatable bonds is 14. The van der Waals surface area contributed by atoms with Crippen molar-refractivity contribution in [2.24, 2.45) is 0 Å². The maximum absolute atomic E-state index is 15.1. The molecule has 0 aliphatic heterocycles. The molecule has 0 aliphatic carbocycles. The van der Waals surface area contributed by atoms with Crippen molar-refractivity contribution >= 4 is 33.4 Å². The van der Waals surface area contributed by atoms with Crippen LogP contribution in [0.5, 0.6) is 0 Å². The van der Waals surface area contributed by atoms with Crippen LogP contribution in [0.25, 0.3) is 0 Å². The zero-order valence-electron chi connectivity index (χ0n) is 23.1. The van der Waals surface area contributed by atoms with Crippen LogP contribution in [0.4, 0.5) is 19.3 Å². The predicted molar refractivity (Wildman–Crippen MR) is 153 cm³/mol. The fourth-order valence-corrected chi connectivity index (χ4v) is 6.02. The van der Waals surface area contributed by atoms with Gasteiger partial charge < -0.3 is 19.1 Å². The van der Waals surface area contributed by atoms with Crippen LogP contribution >= 0.6 is 11.6 Å². The molecule has 3 aromatic carbocycles. The summed E-state index contributed by atoms with van der Waals surface area (Å²) >= 11 is 5.95. The molecule has 0 saturated heterocycles. The number of hydrogen-bond donors (Lipinski definition) is 0. The van der Waals surface area contributed by atoms with E-state index < -0.39 is 39.5 Å². The highest BCUT2D eigenvalue weighted by molar-refractivity contribution is 7.92. The lowest BCUT2D eigenvalue weighted by molar-refractivity contribution is 0.0741. The van der Waals surface area contributed by atoms with Gasteiger partial charge in [-0.05, 0) is 54.4 Å². The number of halogens is 3. The van der Waals surface area contributed by atoms with Gasteiger partial charge in [0, 0.05) is 44.8 Å². The smallest absolute Gasteiger partial charge is 0.409 e. The van der Waals surface area contributed by atoms with Crippen molar-refractivity contribution in [2.45, 2.75) is 24.3 Å². The number of amides is 1. The highest BCUT2D eigenvalue weighted by Crippen LogP contribution is 2.36. The number of methoxy groups -OCH3 is 2. The van der Waals surface area contributed by atoms with Crippen LogP contribution in [0.3, 0.4) is 0 Å². The highest BCUT2D eigenvalue weighted by atomic mass is 35.5. The molecule has 1 amide bonds. The first-order valence-electron chi connectivity index (χ1n) is 12.8. The van der Waals surface area contributed by atoms with Crippen molar-refractivity contribution in [3.8, 4) is 0 Å². The number of carbonyl (C=O) groups excluding carboxylic acids is 1. The molecule has 0 aliphatic rings. The second kappa shape index (κ2) is 15.1. The van der Waals surface area contributed by atoms with E-state index in [1.807, 2.05) is 0 Å². The van der Waals surface area contributed by atoms with Crippen LogP contribution in [0.1, 0.15) is 24.1 Å². The summed E-state index contributed by atoms with van der Waals surface area (Å²) in [5, 5.41) is 0.323. The Labute approximate surface area is 244 Å². The summed E-state index contributed by atoms with van der Waals surface area (Å²) in [4.78, 5) is 14.0. The Morgan fingerprint density at radius 3 is 2.20 bits per heavy atom. The minimum Gasteiger partial charge on any atom is -0.449 e. The van der Waals surface area contributed by atoms with Gasteiger partial charge in [0.15, 0.2) is 0 Å². The molecule has 3 rings (SSSR count). The van der Waals surface area contributed by atoms with Crippen LogP contribution in [-0.4, -0.2) is 66.5 Å². The Bertz CT molecular complexity index is 1400. The third-order valence-electron chi connectivity index (χ3n) is 6.36. The van der Waals surface area contributed by atoms with E-state index in [0.717, 1.165) is 22.5 Å². The summed E-state index contributed by atoms with van der Waals surface area (Å²) < 4.78 is 73.6. The number of hydrogen-bond acceptors (Lipinski definition) is 6. The van der Waals surface area contributed by atoms with Gasteiger partial charge in [-0.15, -0.1) is 0 Å². The van der Waals surface area contributed by atoms with Crippen LogP contribution in [0.15, 0.2) is 71.6 Å². The predicted octanol–water partition coefficient (Wildman–Crippen LogP) is 5.85. The molecule has 41 heavy (non-hydrogen) atoms. The number of anilines is 1. The molecular formula is C29H33ClF2N2O6S. The summed E-state index contributed by atoms with van der Waals surface area (Å²) in [6, 6.07) is 14.0. The van der Waals surface area contributed by atoms with Crippen molar-refractivity contribution in [1.29, 1.82) is 0 Å². The summed E-state index contributed by atoms with van der Waals surface area (Å²) in [6.45, 7) is 2.88. The second-order valence-corrected chi connectivity index (χ2v) is 11.3. The molecule has 0 radical (unpaired) electrons. The van der Waals surface area contributed by atoms with Gasteiger partial charge in [0.05, 0.1) is 36.4 Å². The minimum absolute atomic E-state index is 0.00269. The number of sulfonamides is 1. The van der Waals surface area contributed by atoms with E-state index >= 15 is 4.39 Å². The topological polar surface area (TPSA) is 85.4 Å². The van der Waals surface area contributed by atoms with Crippen LogP contribution in [-0.2, 0) is 30.7 Å². The molecule has 1 atom stereocenters. The molecule has 3 aromatic rings. The molecule has 8 nitrogen and oxygen atoms in total. The molecule has 0 aromatic heterocycles. The van der Waals surface area contributed by atoms with Gasteiger partial charge in [0.25, 0.3) is 10.0 Å². The summed E-state index contributed by atoms with van der Waals surface area (Å²) in [5.74, 6) is -1.70. The standard InChI is InChI=1S/C29H33ClF2N2O6S/c1-21(26-7-5-4-6-22(26)14-17-40-29(35)33(15-18-38-2)16-19-39-3)34(28-20-24(31)10-13-27(28)32)41(36,37)25-11-8-23(30)9-12-25/h4-13,20-21H,14-19H2,1-3H3/t21-/m1/s1. The van der Waals surface area contributed by atoms with Crippen LogP contribution < -0.4 is 4.31 Å². The van der Waals surface area contributed by atoms with E-state index in [2.05, 4.69) is 0 Å². The van der Waals surface area contributed by atoms with E-state index in [1.54, 1.807) is 31.2 Å². The average molecular weight is 611 g/mol. The fourth-order valence-electron chi connectivity index (χ4n) is 4.25. The van der Waals surface area contributed by atoms with E-state index in [9.17, 15) is 17.6 Å². The van der Waals surface area contributed by atoms with Crippen molar-refractivity contribution < 1.29 is 36.2 Å². The molecule has 12 heteroatoms. The Hall–Kier alpha value is -3.25. The maximum Gasteiger partial charge on any atom is 0.409 e. The first-order chi connectivity index (χ1) is 19.6. The molecule has 0 spiro atoms. The first kappa shape index (κ1) is 32.3. The molecule has 0 unspecified atom stereocenters. The zero-order valence-corrected chi connectivity index (χ0v) is 24.6. The van der Waals surface area contributed by atoms with E-state index in [0.29, 0.717) is 42.5 Å². The Morgan fingerprint density at radius 2 is 1.56 bits per heavy atom. The van der Waals surface area contributed by atoms with E-state index in [4.69, 9.17) is 25.8 Å². The number of benzene rings is 3.